The van der Waals surface area contributed by atoms with E-state index in [1.165, 1.54) is 53.4 Å². The van der Waals surface area contributed by atoms with Crippen LogP contribution in [0.15, 0.2) is 108 Å². The highest BCUT2D eigenvalue weighted by Gasteiger charge is 2.50. The molecule has 3 atom stereocenters. The lowest BCUT2D eigenvalue weighted by atomic mass is 9.73. The number of ketones is 1. The van der Waals surface area contributed by atoms with Crippen LogP contribution in [0.25, 0.3) is 0 Å². The minimum atomic E-state index is -4.05. The molecular formula is C36H31NO8S. The minimum absolute atomic E-state index is 0.00255. The van der Waals surface area contributed by atoms with Crippen molar-refractivity contribution in [3.05, 3.63) is 125 Å². The van der Waals surface area contributed by atoms with E-state index in [4.69, 9.17) is 8.92 Å². The molecule has 1 aliphatic heterocycles. The fourth-order valence-electron chi connectivity index (χ4n) is 6.11. The molecule has 6 rings (SSSR count). The molecule has 2 fully saturated rings. The maximum atomic E-state index is 13.5. The molecule has 4 aromatic carbocycles. The van der Waals surface area contributed by atoms with Gasteiger partial charge in [0.1, 0.15) is 10.6 Å². The van der Waals surface area contributed by atoms with Crippen molar-refractivity contribution in [2.24, 2.45) is 11.8 Å². The summed E-state index contributed by atoms with van der Waals surface area (Å²) in [5, 5.41) is 0. The zero-order valence-electron chi connectivity index (χ0n) is 25.0. The standard InChI is InChI=1S/C36H31NO8S/c1-23-10-17-30(18-11-23)46(42,43)45-29-15-12-25(13-16-29)33(38)22-44-36(41)27-8-5-9-28(20-27)37-34(39)31-19-14-26(21-32(31)35(37)40)24-6-3-2-4-7-24/h2-13,15-18,20,26,31-32H,14,19,21-22H2,1H3/t26-,31-,32-/m0/s1. The van der Waals surface area contributed by atoms with Crippen molar-refractivity contribution in [1.29, 1.82) is 0 Å². The second-order valence-electron chi connectivity index (χ2n) is 11.6. The maximum Gasteiger partial charge on any atom is 0.339 e. The Balaban J connectivity index is 1.07. The summed E-state index contributed by atoms with van der Waals surface area (Å²) in [5.74, 6) is -2.42. The van der Waals surface area contributed by atoms with Crippen molar-refractivity contribution in [3.63, 3.8) is 0 Å². The van der Waals surface area contributed by atoms with E-state index in [2.05, 4.69) is 0 Å². The number of carbonyl (C=O) groups excluding carboxylic acids is 4. The third-order valence-corrected chi connectivity index (χ3v) is 9.82. The molecule has 0 radical (unpaired) electrons. The van der Waals surface area contributed by atoms with Crippen LogP contribution in [0.1, 0.15) is 57.0 Å². The number of carbonyl (C=O) groups is 4. The molecule has 1 heterocycles. The van der Waals surface area contributed by atoms with Crippen molar-refractivity contribution < 1.29 is 36.5 Å². The molecule has 2 aliphatic rings. The predicted molar refractivity (Wildman–Crippen MR) is 169 cm³/mol. The summed E-state index contributed by atoms with van der Waals surface area (Å²) in [5.41, 5.74) is 2.63. The summed E-state index contributed by atoms with van der Waals surface area (Å²) in [6.07, 6.45) is 2.03. The average Bonchev–Trinajstić information content (AvgIpc) is 3.32. The Bertz CT molecular complexity index is 1900. The smallest absolute Gasteiger partial charge is 0.339 e. The van der Waals surface area contributed by atoms with Gasteiger partial charge in [0.15, 0.2) is 12.4 Å². The molecule has 10 heteroatoms. The molecule has 0 bridgehead atoms. The fraction of sp³-hybridized carbons (Fsp3) is 0.222. The summed E-state index contributed by atoms with van der Waals surface area (Å²) in [4.78, 5) is 53.6. The first-order chi connectivity index (χ1) is 22.1. The zero-order valence-corrected chi connectivity index (χ0v) is 25.8. The van der Waals surface area contributed by atoms with Gasteiger partial charge in [0, 0.05) is 5.56 Å². The number of amides is 2. The van der Waals surface area contributed by atoms with Crippen LogP contribution in [0.3, 0.4) is 0 Å². The quantitative estimate of drug-likeness (QED) is 0.0966. The number of nitrogens with zero attached hydrogens (tertiary/aromatic N) is 1. The van der Waals surface area contributed by atoms with E-state index in [-0.39, 0.29) is 51.1 Å². The molecule has 1 saturated heterocycles. The average molecular weight is 638 g/mol. The number of hydrogen-bond acceptors (Lipinski definition) is 8. The minimum Gasteiger partial charge on any atom is -0.454 e. The van der Waals surface area contributed by atoms with Gasteiger partial charge in [-0.2, -0.15) is 8.42 Å². The topological polar surface area (TPSA) is 124 Å². The van der Waals surface area contributed by atoms with Gasteiger partial charge in [-0.25, -0.2) is 4.79 Å². The molecule has 0 spiro atoms. The molecular weight excluding hydrogens is 606 g/mol. The van der Waals surface area contributed by atoms with Crippen LogP contribution >= 0.6 is 0 Å². The Morgan fingerprint density at radius 1 is 0.783 bits per heavy atom. The number of hydrogen-bond donors (Lipinski definition) is 0. The molecule has 9 nitrogen and oxygen atoms in total. The second kappa shape index (κ2) is 12.7. The summed E-state index contributed by atoms with van der Waals surface area (Å²) in [6.45, 7) is 1.27. The van der Waals surface area contributed by atoms with Crippen LogP contribution in [0.2, 0.25) is 0 Å². The van der Waals surface area contributed by atoms with Gasteiger partial charge >= 0.3 is 16.1 Å². The molecule has 4 aromatic rings. The number of imide groups is 1. The number of aryl methyl sites for hydroxylation is 1. The van der Waals surface area contributed by atoms with Gasteiger partial charge in [0.2, 0.25) is 11.8 Å². The number of anilines is 1. The Morgan fingerprint density at radius 3 is 2.20 bits per heavy atom. The van der Waals surface area contributed by atoms with Crippen molar-refractivity contribution in [2.75, 3.05) is 11.5 Å². The number of fused-ring (bicyclic) bond motifs is 1. The molecule has 234 valence electrons. The Labute approximate surface area is 266 Å². The van der Waals surface area contributed by atoms with Gasteiger partial charge < -0.3 is 8.92 Å². The monoisotopic (exact) mass is 637 g/mol. The molecule has 1 saturated carbocycles. The number of rotatable bonds is 9. The first kappa shape index (κ1) is 30.9. The van der Waals surface area contributed by atoms with Gasteiger partial charge in [-0.15, -0.1) is 0 Å². The lowest BCUT2D eigenvalue weighted by molar-refractivity contribution is -0.122. The van der Waals surface area contributed by atoms with Crippen LogP contribution in [0, 0.1) is 18.8 Å². The van der Waals surface area contributed by atoms with Crippen molar-refractivity contribution >= 4 is 39.4 Å². The lowest BCUT2D eigenvalue weighted by Gasteiger charge is -2.28. The van der Waals surface area contributed by atoms with Gasteiger partial charge in [0.05, 0.1) is 23.1 Å². The van der Waals surface area contributed by atoms with Crippen LogP contribution in [-0.2, 0) is 24.4 Å². The first-order valence-electron chi connectivity index (χ1n) is 14.9. The molecule has 1 aliphatic carbocycles. The summed E-state index contributed by atoms with van der Waals surface area (Å²) >= 11 is 0. The third-order valence-electron chi connectivity index (χ3n) is 8.56. The molecule has 46 heavy (non-hydrogen) atoms. The highest BCUT2D eigenvalue weighted by atomic mass is 32.2. The van der Waals surface area contributed by atoms with Gasteiger partial charge in [0.25, 0.3) is 0 Å². The van der Waals surface area contributed by atoms with Crippen LogP contribution in [0.5, 0.6) is 5.75 Å². The van der Waals surface area contributed by atoms with E-state index in [1.807, 2.05) is 37.3 Å². The number of esters is 1. The van der Waals surface area contributed by atoms with Gasteiger partial charge in [-0.3, -0.25) is 19.3 Å². The molecule has 0 aromatic heterocycles. The van der Waals surface area contributed by atoms with E-state index in [1.54, 1.807) is 24.3 Å². The summed E-state index contributed by atoms with van der Waals surface area (Å²) in [7, 11) is -4.05. The largest absolute Gasteiger partial charge is 0.454 e. The van der Waals surface area contributed by atoms with E-state index in [0.717, 1.165) is 17.5 Å². The van der Waals surface area contributed by atoms with Crippen molar-refractivity contribution in [3.8, 4) is 5.75 Å². The molecule has 2 amide bonds. The Hall–Kier alpha value is -5.09. The highest BCUT2D eigenvalue weighted by Crippen LogP contribution is 2.45. The Kier molecular flexibility index (Phi) is 8.55. The van der Waals surface area contributed by atoms with E-state index in [9.17, 15) is 27.6 Å². The zero-order chi connectivity index (χ0) is 32.4. The highest BCUT2D eigenvalue weighted by molar-refractivity contribution is 7.87. The number of Topliss-reactive ketones (excluding diaryl/α,β-unsaturated/α-hetero) is 1. The van der Waals surface area contributed by atoms with E-state index >= 15 is 0 Å². The van der Waals surface area contributed by atoms with Gasteiger partial charge in [-0.05, 0) is 92.3 Å². The second-order valence-corrected chi connectivity index (χ2v) is 13.1. The summed E-state index contributed by atoms with van der Waals surface area (Å²) < 4.78 is 35.5. The van der Waals surface area contributed by atoms with Crippen molar-refractivity contribution in [2.45, 2.75) is 37.0 Å². The fourth-order valence-corrected chi connectivity index (χ4v) is 7.04. The van der Waals surface area contributed by atoms with E-state index < -0.39 is 34.4 Å². The first-order valence-corrected chi connectivity index (χ1v) is 16.4. The molecule has 0 unspecified atom stereocenters. The predicted octanol–water partition coefficient (Wildman–Crippen LogP) is 5.88. The van der Waals surface area contributed by atoms with Crippen LogP contribution in [-0.4, -0.2) is 38.6 Å². The third kappa shape index (κ3) is 6.34. The van der Waals surface area contributed by atoms with E-state index in [0.29, 0.717) is 12.8 Å². The van der Waals surface area contributed by atoms with Crippen LogP contribution < -0.4 is 9.08 Å². The molecule has 0 N–H and O–H groups in total. The van der Waals surface area contributed by atoms with Crippen LogP contribution in [0.4, 0.5) is 5.69 Å². The normalized spacial score (nSPS) is 19.4. The lowest BCUT2D eigenvalue weighted by Crippen LogP contribution is -2.31. The van der Waals surface area contributed by atoms with Gasteiger partial charge in [-0.1, -0.05) is 54.1 Å². The Morgan fingerprint density at radius 2 is 1.48 bits per heavy atom. The number of ether oxygens (including phenoxy) is 1. The number of benzene rings is 4. The van der Waals surface area contributed by atoms with Crippen molar-refractivity contribution in [1.82, 2.24) is 0 Å². The summed E-state index contributed by atoms with van der Waals surface area (Å²) in [6, 6.07) is 27.7. The maximum absolute atomic E-state index is 13.5. The SMILES string of the molecule is Cc1ccc(S(=O)(=O)Oc2ccc(C(=O)COC(=O)c3cccc(N4C(=O)[C@H]5CC[C@H](c6ccccc6)C[C@@H]5C4=O)c3)cc2)cc1.